The lowest BCUT2D eigenvalue weighted by atomic mass is 10.1. The zero-order valence-corrected chi connectivity index (χ0v) is 13.0. The number of fused-ring (bicyclic) bond motifs is 2. The second-order valence-corrected chi connectivity index (χ2v) is 6.22. The van der Waals surface area contributed by atoms with E-state index in [1.165, 1.54) is 12.8 Å². The summed E-state index contributed by atoms with van der Waals surface area (Å²) < 4.78 is 4.06. The number of imidazole rings is 1. The molecule has 8 nitrogen and oxygen atoms in total. The third-order valence-corrected chi connectivity index (χ3v) is 4.53. The molecule has 2 N–H and O–H groups in total. The number of nitrogens with one attached hydrogen (secondary N) is 2. The van der Waals surface area contributed by atoms with Crippen LogP contribution in [0.3, 0.4) is 0 Å². The average Bonchev–Trinajstić information content (AvgIpc) is 3.18. The third-order valence-electron chi connectivity index (χ3n) is 4.53. The number of nitrogens with zero attached hydrogens (tertiary/aromatic N) is 5. The van der Waals surface area contributed by atoms with Gasteiger partial charge in [0.1, 0.15) is 18.0 Å². The number of urea groups is 1. The second-order valence-electron chi connectivity index (χ2n) is 6.22. The molecule has 0 aliphatic carbocycles. The van der Waals surface area contributed by atoms with Gasteiger partial charge in [-0.05, 0) is 19.3 Å². The Balaban J connectivity index is 1.28. The van der Waals surface area contributed by atoms with Crippen LogP contribution in [-0.2, 0) is 32.5 Å². The molecule has 4 rings (SSSR count). The summed E-state index contributed by atoms with van der Waals surface area (Å²) in [5.74, 6) is 2.13. The van der Waals surface area contributed by atoms with Crippen LogP contribution >= 0.6 is 0 Å². The lowest BCUT2D eigenvalue weighted by Gasteiger charge is -2.23. The third kappa shape index (κ3) is 3.06. The summed E-state index contributed by atoms with van der Waals surface area (Å²) in [6, 6.07) is -0.0519. The van der Waals surface area contributed by atoms with Gasteiger partial charge >= 0.3 is 6.03 Å². The van der Waals surface area contributed by atoms with E-state index in [9.17, 15) is 4.79 Å². The van der Waals surface area contributed by atoms with Crippen molar-refractivity contribution in [2.75, 3.05) is 0 Å². The van der Waals surface area contributed by atoms with Crippen molar-refractivity contribution in [2.24, 2.45) is 0 Å². The minimum absolute atomic E-state index is 0.0967. The minimum Gasteiger partial charge on any atom is -0.335 e. The number of aromatic nitrogens is 5. The predicted molar refractivity (Wildman–Crippen MR) is 82.7 cm³/mol. The molecule has 23 heavy (non-hydrogen) atoms. The van der Waals surface area contributed by atoms with E-state index in [1.807, 2.05) is 4.68 Å². The first-order chi connectivity index (χ1) is 11.3. The molecule has 0 bridgehead atoms. The van der Waals surface area contributed by atoms with Gasteiger partial charge in [-0.3, -0.25) is 0 Å². The highest BCUT2D eigenvalue weighted by Gasteiger charge is 2.21. The summed E-state index contributed by atoms with van der Waals surface area (Å²) in [6.07, 6.45) is 8.81. The van der Waals surface area contributed by atoms with Crippen molar-refractivity contribution in [2.45, 2.75) is 57.8 Å². The number of carbonyl (C=O) groups excluding carboxylic acids is 1. The molecule has 0 fully saturated rings. The van der Waals surface area contributed by atoms with Crippen molar-refractivity contribution in [3.63, 3.8) is 0 Å². The average molecular weight is 315 g/mol. The number of amides is 2. The lowest BCUT2D eigenvalue weighted by molar-refractivity contribution is 0.231. The molecule has 2 aliphatic heterocycles. The normalized spacial score (nSPS) is 19.7. The number of hydrogen-bond acceptors (Lipinski definition) is 4. The molecular formula is C15H21N7O. The molecule has 1 unspecified atom stereocenters. The molecule has 2 amide bonds. The fourth-order valence-electron chi connectivity index (χ4n) is 3.32. The molecule has 8 heteroatoms. The molecule has 2 aromatic heterocycles. The van der Waals surface area contributed by atoms with Gasteiger partial charge in [0.15, 0.2) is 0 Å². The van der Waals surface area contributed by atoms with E-state index in [0.717, 1.165) is 43.1 Å². The highest BCUT2D eigenvalue weighted by Crippen LogP contribution is 2.14. The Morgan fingerprint density at radius 2 is 2.26 bits per heavy atom. The van der Waals surface area contributed by atoms with Gasteiger partial charge in [0.05, 0.1) is 24.8 Å². The van der Waals surface area contributed by atoms with Crippen molar-refractivity contribution in [3.05, 3.63) is 29.9 Å². The van der Waals surface area contributed by atoms with Crippen molar-refractivity contribution < 1.29 is 4.79 Å². The van der Waals surface area contributed by atoms with Crippen LogP contribution in [0.5, 0.6) is 0 Å². The van der Waals surface area contributed by atoms with Gasteiger partial charge in [0, 0.05) is 25.6 Å². The maximum absolute atomic E-state index is 12.1. The van der Waals surface area contributed by atoms with E-state index in [1.54, 1.807) is 6.33 Å². The molecule has 0 saturated heterocycles. The molecule has 0 saturated carbocycles. The fourth-order valence-corrected chi connectivity index (χ4v) is 3.32. The second kappa shape index (κ2) is 6.02. The molecule has 1 atom stereocenters. The smallest absolute Gasteiger partial charge is 0.315 e. The standard InChI is InChI=1S/C15H21N7O/c23-15(20-11-4-5-13-17-10-18-22(13)9-11)16-7-12-8-21-6-2-1-3-14(21)19-12/h8,10-11H,1-7,9H2,(H2,16,20,23). The van der Waals surface area contributed by atoms with Crippen molar-refractivity contribution in [3.8, 4) is 0 Å². The van der Waals surface area contributed by atoms with Crippen LogP contribution in [0.1, 0.15) is 36.6 Å². The Hall–Kier alpha value is -2.38. The number of rotatable bonds is 3. The summed E-state index contributed by atoms with van der Waals surface area (Å²) in [4.78, 5) is 20.9. The zero-order chi connectivity index (χ0) is 15.6. The Bertz CT molecular complexity index is 681. The number of hydrogen-bond donors (Lipinski definition) is 2. The first kappa shape index (κ1) is 14.2. The minimum atomic E-state index is -0.149. The Morgan fingerprint density at radius 1 is 1.30 bits per heavy atom. The van der Waals surface area contributed by atoms with Crippen molar-refractivity contribution in [1.82, 2.24) is 34.9 Å². The van der Waals surface area contributed by atoms with Gasteiger partial charge in [0.2, 0.25) is 0 Å². The summed E-state index contributed by atoms with van der Waals surface area (Å²) >= 11 is 0. The highest BCUT2D eigenvalue weighted by molar-refractivity contribution is 5.74. The lowest BCUT2D eigenvalue weighted by Crippen LogP contribution is -2.45. The Morgan fingerprint density at radius 3 is 3.17 bits per heavy atom. The maximum Gasteiger partial charge on any atom is 0.315 e. The van der Waals surface area contributed by atoms with Crippen LogP contribution in [0, 0.1) is 0 Å². The monoisotopic (exact) mass is 315 g/mol. The molecule has 2 aliphatic rings. The number of carbonyl (C=O) groups is 1. The fraction of sp³-hybridized carbons (Fsp3) is 0.600. The first-order valence-corrected chi connectivity index (χ1v) is 8.24. The summed E-state index contributed by atoms with van der Waals surface area (Å²) in [5.41, 5.74) is 0.930. The van der Waals surface area contributed by atoms with E-state index in [-0.39, 0.29) is 12.1 Å². The van der Waals surface area contributed by atoms with Crippen molar-refractivity contribution in [1.29, 1.82) is 0 Å². The van der Waals surface area contributed by atoms with Gasteiger partial charge in [-0.15, -0.1) is 0 Å². The van der Waals surface area contributed by atoms with Gasteiger partial charge in [-0.25, -0.2) is 19.4 Å². The molecule has 0 aromatic carbocycles. The van der Waals surface area contributed by atoms with Crippen molar-refractivity contribution >= 4 is 6.03 Å². The summed E-state index contributed by atoms with van der Waals surface area (Å²) in [5, 5.41) is 10.1. The van der Waals surface area contributed by atoms with Crippen LogP contribution in [0.25, 0.3) is 0 Å². The largest absolute Gasteiger partial charge is 0.335 e. The molecule has 4 heterocycles. The molecule has 122 valence electrons. The van der Waals surface area contributed by atoms with Crippen LogP contribution in [-0.4, -0.2) is 36.4 Å². The Kier molecular flexibility index (Phi) is 3.72. The van der Waals surface area contributed by atoms with Crippen LogP contribution in [0.4, 0.5) is 4.79 Å². The van der Waals surface area contributed by atoms with E-state index < -0.39 is 0 Å². The Labute approximate surface area is 134 Å². The molecule has 2 aromatic rings. The summed E-state index contributed by atoms with van der Waals surface area (Å²) in [6.45, 7) is 2.19. The predicted octanol–water partition coefficient (Wildman–Crippen LogP) is 0.625. The van der Waals surface area contributed by atoms with E-state index in [4.69, 9.17) is 0 Å². The van der Waals surface area contributed by atoms with E-state index >= 15 is 0 Å². The van der Waals surface area contributed by atoms with Gasteiger partial charge in [-0.1, -0.05) is 0 Å². The van der Waals surface area contributed by atoms with Crippen LogP contribution < -0.4 is 10.6 Å². The quantitative estimate of drug-likeness (QED) is 0.869. The first-order valence-electron chi connectivity index (χ1n) is 8.24. The highest BCUT2D eigenvalue weighted by atomic mass is 16.2. The number of aryl methyl sites for hydroxylation is 3. The topological polar surface area (TPSA) is 89.7 Å². The molecular weight excluding hydrogens is 294 g/mol. The van der Waals surface area contributed by atoms with E-state index in [2.05, 4.69) is 36.5 Å². The van der Waals surface area contributed by atoms with Gasteiger partial charge in [-0.2, -0.15) is 5.10 Å². The van der Waals surface area contributed by atoms with Gasteiger partial charge < -0.3 is 15.2 Å². The molecule has 0 radical (unpaired) electrons. The zero-order valence-electron chi connectivity index (χ0n) is 13.0. The summed E-state index contributed by atoms with van der Waals surface area (Å²) in [7, 11) is 0. The van der Waals surface area contributed by atoms with Crippen LogP contribution in [0.2, 0.25) is 0 Å². The van der Waals surface area contributed by atoms with E-state index in [0.29, 0.717) is 13.1 Å². The maximum atomic E-state index is 12.1. The van der Waals surface area contributed by atoms with Crippen LogP contribution in [0.15, 0.2) is 12.5 Å². The van der Waals surface area contributed by atoms with Gasteiger partial charge in [0.25, 0.3) is 0 Å². The molecule has 0 spiro atoms. The SMILES string of the molecule is O=C(NCc1cn2c(n1)CCCC2)NC1CCc2ncnn2C1.